The number of rotatable bonds is 3. The van der Waals surface area contributed by atoms with Crippen LogP contribution in [0.4, 0.5) is 5.69 Å². The molecule has 0 aliphatic rings. The summed E-state index contributed by atoms with van der Waals surface area (Å²) in [6.45, 7) is 0. The SMILES string of the molecule is COc1ccc2cc(C(=O)Nc3ccccc3)ccc2n1. The summed E-state index contributed by atoms with van der Waals surface area (Å²) in [6.07, 6.45) is 0. The van der Waals surface area contributed by atoms with Crippen LogP contribution in [-0.2, 0) is 0 Å². The first-order valence-corrected chi connectivity index (χ1v) is 6.57. The Morgan fingerprint density at radius 3 is 2.62 bits per heavy atom. The average Bonchev–Trinajstić information content (AvgIpc) is 2.54. The number of hydrogen-bond donors (Lipinski definition) is 1. The van der Waals surface area contributed by atoms with Crippen molar-refractivity contribution in [3.63, 3.8) is 0 Å². The van der Waals surface area contributed by atoms with Crippen molar-refractivity contribution >= 4 is 22.5 Å². The molecule has 0 atom stereocenters. The molecule has 2 aromatic carbocycles. The molecule has 104 valence electrons. The van der Waals surface area contributed by atoms with Crippen LogP contribution in [0, 0.1) is 0 Å². The van der Waals surface area contributed by atoms with Gasteiger partial charge in [0, 0.05) is 22.7 Å². The molecule has 0 spiro atoms. The Balaban J connectivity index is 1.88. The Kier molecular flexibility index (Phi) is 3.51. The average molecular weight is 278 g/mol. The first kappa shape index (κ1) is 13.1. The fourth-order valence-corrected chi connectivity index (χ4v) is 2.09. The largest absolute Gasteiger partial charge is 0.481 e. The number of amides is 1. The minimum atomic E-state index is -0.140. The monoisotopic (exact) mass is 278 g/mol. The predicted octanol–water partition coefficient (Wildman–Crippen LogP) is 3.50. The van der Waals surface area contributed by atoms with Crippen LogP contribution < -0.4 is 10.1 Å². The molecule has 1 heterocycles. The Morgan fingerprint density at radius 2 is 1.86 bits per heavy atom. The van der Waals surface area contributed by atoms with Gasteiger partial charge in [-0.1, -0.05) is 18.2 Å². The summed E-state index contributed by atoms with van der Waals surface area (Å²) >= 11 is 0. The van der Waals surface area contributed by atoms with Gasteiger partial charge in [0.25, 0.3) is 5.91 Å². The normalized spacial score (nSPS) is 10.3. The van der Waals surface area contributed by atoms with E-state index in [-0.39, 0.29) is 5.91 Å². The number of carbonyl (C=O) groups is 1. The van der Waals surface area contributed by atoms with Crippen molar-refractivity contribution in [2.24, 2.45) is 0 Å². The molecule has 3 aromatic rings. The third-order valence-electron chi connectivity index (χ3n) is 3.17. The van der Waals surface area contributed by atoms with E-state index in [1.807, 2.05) is 48.5 Å². The molecule has 1 N–H and O–H groups in total. The van der Waals surface area contributed by atoms with E-state index < -0.39 is 0 Å². The van der Waals surface area contributed by atoms with Crippen molar-refractivity contribution in [3.05, 3.63) is 66.2 Å². The lowest BCUT2D eigenvalue weighted by molar-refractivity contribution is 0.102. The minimum absolute atomic E-state index is 0.140. The van der Waals surface area contributed by atoms with Crippen molar-refractivity contribution in [2.45, 2.75) is 0 Å². The fraction of sp³-hybridized carbons (Fsp3) is 0.0588. The summed E-state index contributed by atoms with van der Waals surface area (Å²) < 4.78 is 5.09. The van der Waals surface area contributed by atoms with Crippen LogP contribution in [-0.4, -0.2) is 18.0 Å². The molecular formula is C17H14N2O2. The number of para-hydroxylation sites is 1. The highest BCUT2D eigenvalue weighted by molar-refractivity contribution is 6.06. The molecule has 0 aliphatic heterocycles. The number of nitrogens with zero attached hydrogens (tertiary/aromatic N) is 1. The lowest BCUT2D eigenvalue weighted by Gasteiger charge is -2.06. The second-order valence-electron chi connectivity index (χ2n) is 4.58. The van der Waals surface area contributed by atoms with E-state index in [0.717, 1.165) is 16.6 Å². The highest BCUT2D eigenvalue weighted by Gasteiger charge is 2.07. The van der Waals surface area contributed by atoms with Crippen molar-refractivity contribution in [1.82, 2.24) is 4.98 Å². The Bertz CT molecular complexity index is 785. The Labute approximate surface area is 122 Å². The van der Waals surface area contributed by atoms with Gasteiger partial charge < -0.3 is 10.1 Å². The van der Waals surface area contributed by atoms with Crippen LogP contribution >= 0.6 is 0 Å². The molecule has 0 radical (unpaired) electrons. The first-order chi connectivity index (χ1) is 10.3. The van der Waals surface area contributed by atoms with E-state index in [1.165, 1.54) is 0 Å². The summed E-state index contributed by atoms with van der Waals surface area (Å²) in [5.41, 5.74) is 2.17. The molecule has 4 nitrogen and oxygen atoms in total. The summed E-state index contributed by atoms with van der Waals surface area (Å²) in [4.78, 5) is 16.5. The van der Waals surface area contributed by atoms with Crippen molar-refractivity contribution in [3.8, 4) is 5.88 Å². The van der Waals surface area contributed by atoms with Gasteiger partial charge in [-0.25, -0.2) is 4.98 Å². The summed E-state index contributed by atoms with van der Waals surface area (Å²) in [6, 6.07) is 18.4. The van der Waals surface area contributed by atoms with E-state index in [9.17, 15) is 4.79 Å². The van der Waals surface area contributed by atoms with Gasteiger partial charge in [0.2, 0.25) is 5.88 Å². The van der Waals surface area contributed by atoms with Crippen molar-refractivity contribution in [2.75, 3.05) is 12.4 Å². The van der Waals surface area contributed by atoms with Crippen LogP contribution in [0.1, 0.15) is 10.4 Å². The van der Waals surface area contributed by atoms with Crippen LogP contribution in [0.3, 0.4) is 0 Å². The number of carbonyl (C=O) groups excluding carboxylic acids is 1. The number of fused-ring (bicyclic) bond motifs is 1. The molecule has 3 rings (SSSR count). The third-order valence-corrected chi connectivity index (χ3v) is 3.17. The first-order valence-electron chi connectivity index (χ1n) is 6.57. The number of pyridine rings is 1. The molecule has 0 unspecified atom stereocenters. The molecule has 1 amide bonds. The molecule has 21 heavy (non-hydrogen) atoms. The Morgan fingerprint density at radius 1 is 1.05 bits per heavy atom. The molecule has 0 aliphatic carbocycles. The Hall–Kier alpha value is -2.88. The van der Waals surface area contributed by atoms with Gasteiger partial charge in [0.15, 0.2) is 0 Å². The standard InChI is InChI=1S/C17H14N2O2/c1-21-16-10-8-12-11-13(7-9-15(12)19-16)17(20)18-14-5-3-2-4-6-14/h2-11H,1H3,(H,18,20). The van der Waals surface area contributed by atoms with E-state index in [1.54, 1.807) is 19.2 Å². The third kappa shape index (κ3) is 2.84. The van der Waals surface area contributed by atoms with Gasteiger partial charge in [0.05, 0.1) is 12.6 Å². The predicted molar refractivity (Wildman–Crippen MR) is 82.7 cm³/mol. The van der Waals surface area contributed by atoms with Crippen LogP contribution in [0.2, 0.25) is 0 Å². The molecule has 0 bridgehead atoms. The number of ether oxygens (including phenoxy) is 1. The maximum absolute atomic E-state index is 12.2. The summed E-state index contributed by atoms with van der Waals surface area (Å²) in [7, 11) is 1.58. The van der Waals surface area contributed by atoms with Gasteiger partial charge in [0.1, 0.15) is 0 Å². The minimum Gasteiger partial charge on any atom is -0.481 e. The van der Waals surface area contributed by atoms with E-state index in [4.69, 9.17) is 4.74 Å². The van der Waals surface area contributed by atoms with E-state index in [0.29, 0.717) is 11.4 Å². The maximum Gasteiger partial charge on any atom is 0.255 e. The fourth-order valence-electron chi connectivity index (χ4n) is 2.09. The summed E-state index contributed by atoms with van der Waals surface area (Å²) in [5.74, 6) is 0.419. The van der Waals surface area contributed by atoms with Gasteiger partial charge >= 0.3 is 0 Å². The lowest BCUT2D eigenvalue weighted by atomic mass is 10.1. The summed E-state index contributed by atoms with van der Waals surface area (Å²) in [5, 5.41) is 3.76. The van der Waals surface area contributed by atoms with Crippen molar-refractivity contribution in [1.29, 1.82) is 0 Å². The van der Waals surface area contributed by atoms with Crippen LogP contribution in [0.15, 0.2) is 60.7 Å². The number of methoxy groups -OCH3 is 1. The zero-order valence-electron chi connectivity index (χ0n) is 11.5. The molecular weight excluding hydrogens is 264 g/mol. The van der Waals surface area contributed by atoms with Gasteiger partial charge in [-0.15, -0.1) is 0 Å². The van der Waals surface area contributed by atoms with Crippen LogP contribution in [0.25, 0.3) is 10.9 Å². The zero-order chi connectivity index (χ0) is 14.7. The zero-order valence-corrected chi connectivity index (χ0v) is 11.5. The molecule has 0 saturated heterocycles. The van der Waals surface area contributed by atoms with Gasteiger partial charge in [-0.05, 0) is 36.4 Å². The maximum atomic E-state index is 12.2. The van der Waals surface area contributed by atoms with Crippen LogP contribution in [0.5, 0.6) is 5.88 Å². The lowest BCUT2D eigenvalue weighted by Crippen LogP contribution is -2.11. The van der Waals surface area contributed by atoms with Gasteiger partial charge in [-0.2, -0.15) is 0 Å². The van der Waals surface area contributed by atoms with E-state index >= 15 is 0 Å². The second-order valence-corrected chi connectivity index (χ2v) is 4.58. The van der Waals surface area contributed by atoms with Crippen molar-refractivity contribution < 1.29 is 9.53 Å². The number of hydrogen-bond acceptors (Lipinski definition) is 3. The van der Waals surface area contributed by atoms with Gasteiger partial charge in [-0.3, -0.25) is 4.79 Å². The quantitative estimate of drug-likeness (QED) is 0.797. The number of aromatic nitrogens is 1. The molecule has 4 heteroatoms. The van der Waals surface area contributed by atoms with E-state index in [2.05, 4.69) is 10.3 Å². The molecule has 1 aromatic heterocycles. The molecule has 0 saturated carbocycles. The second kappa shape index (κ2) is 5.63. The number of anilines is 1. The smallest absolute Gasteiger partial charge is 0.255 e. The molecule has 0 fully saturated rings. The number of benzene rings is 2. The number of nitrogens with one attached hydrogen (secondary N) is 1. The highest BCUT2D eigenvalue weighted by atomic mass is 16.5. The topological polar surface area (TPSA) is 51.2 Å². The highest BCUT2D eigenvalue weighted by Crippen LogP contribution is 2.19.